The third kappa shape index (κ3) is 8.11. The summed E-state index contributed by atoms with van der Waals surface area (Å²) in [4.78, 5) is 25.4. The van der Waals surface area contributed by atoms with Crippen LogP contribution in [0.5, 0.6) is 11.5 Å². The van der Waals surface area contributed by atoms with Crippen LogP contribution in [0.4, 0.5) is 9.59 Å². The molecule has 0 spiro atoms. The number of hydrogen-bond acceptors (Lipinski definition) is 6. The van der Waals surface area contributed by atoms with Gasteiger partial charge in [0.25, 0.3) is 0 Å². The van der Waals surface area contributed by atoms with Gasteiger partial charge in [0, 0.05) is 21.5 Å². The Hall–Kier alpha value is -3.28. The summed E-state index contributed by atoms with van der Waals surface area (Å²) in [5.74, 6) is 0.802. The van der Waals surface area contributed by atoms with Crippen LogP contribution in [0.25, 0.3) is 21.5 Å². The number of carbonyl (C=O) groups excluding carboxylic acids is 2. The largest absolute Gasteiger partial charge is 0.513 e. The second kappa shape index (κ2) is 15.2. The molecule has 0 aliphatic carbocycles. The van der Waals surface area contributed by atoms with Gasteiger partial charge >= 0.3 is 12.3 Å². The molecule has 38 heavy (non-hydrogen) atoms. The van der Waals surface area contributed by atoms with Gasteiger partial charge in [-0.15, -0.1) is 0 Å². The molecule has 0 atom stereocenters. The van der Waals surface area contributed by atoms with Gasteiger partial charge in [-0.2, -0.15) is 0 Å². The fourth-order valence-electron chi connectivity index (χ4n) is 4.65. The molecule has 0 saturated heterocycles. The maximum Gasteiger partial charge on any atom is 0.513 e. The summed E-state index contributed by atoms with van der Waals surface area (Å²) in [6, 6.07) is 11.4. The minimum absolute atomic E-state index is 0.321. The zero-order valence-corrected chi connectivity index (χ0v) is 23.4. The van der Waals surface area contributed by atoms with Gasteiger partial charge in [-0.25, -0.2) is 9.59 Å². The summed E-state index contributed by atoms with van der Waals surface area (Å²) in [5.41, 5.74) is 1.88. The van der Waals surface area contributed by atoms with Crippen LogP contribution in [0.15, 0.2) is 36.4 Å². The summed E-state index contributed by atoms with van der Waals surface area (Å²) in [5, 5.41) is 2.71. The minimum atomic E-state index is -0.734. The average Bonchev–Trinajstić information content (AvgIpc) is 2.90. The molecule has 0 fully saturated rings. The van der Waals surface area contributed by atoms with Gasteiger partial charge in [0.15, 0.2) is 5.75 Å². The predicted octanol–water partition coefficient (Wildman–Crippen LogP) is 9.58. The predicted molar refractivity (Wildman–Crippen MR) is 152 cm³/mol. The Morgan fingerprint density at radius 3 is 1.82 bits per heavy atom. The SMILES string of the molecule is CCCCCCCOC(=O)Oc1c2cc(C)ccc2c(OC(=O)OCCCCCCC)c2c(C)cccc12. The smallest absolute Gasteiger partial charge is 0.434 e. The van der Waals surface area contributed by atoms with E-state index in [0.717, 1.165) is 49.7 Å². The molecule has 6 heteroatoms. The molecule has 0 aliphatic rings. The lowest BCUT2D eigenvalue weighted by atomic mass is 9.96. The summed E-state index contributed by atoms with van der Waals surface area (Å²) >= 11 is 0. The van der Waals surface area contributed by atoms with Crippen molar-refractivity contribution in [3.8, 4) is 11.5 Å². The van der Waals surface area contributed by atoms with Crippen molar-refractivity contribution >= 4 is 33.9 Å². The van der Waals surface area contributed by atoms with E-state index < -0.39 is 12.3 Å². The van der Waals surface area contributed by atoms with E-state index >= 15 is 0 Å². The van der Waals surface area contributed by atoms with Crippen molar-refractivity contribution in [1.29, 1.82) is 0 Å². The number of benzene rings is 3. The van der Waals surface area contributed by atoms with Crippen molar-refractivity contribution in [2.75, 3.05) is 13.2 Å². The molecule has 0 aliphatic heterocycles. The Labute approximate surface area is 226 Å². The van der Waals surface area contributed by atoms with Crippen LogP contribution in [0.3, 0.4) is 0 Å². The van der Waals surface area contributed by atoms with Gasteiger partial charge in [0.1, 0.15) is 5.75 Å². The Morgan fingerprint density at radius 2 is 1.21 bits per heavy atom. The topological polar surface area (TPSA) is 71.1 Å². The first-order valence-corrected chi connectivity index (χ1v) is 14.1. The molecule has 3 aromatic carbocycles. The summed E-state index contributed by atoms with van der Waals surface area (Å²) in [7, 11) is 0. The van der Waals surface area contributed by atoms with E-state index in [4.69, 9.17) is 18.9 Å². The van der Waals surface area contributed by atoms with Crippen molar-refractivity contribution in [2.24, 2.45) is 0 Å². The second-order valence-corrected chi connectivity index (χ2v) is 9.93. The minimum Gasteiger partial charge on any atom is -0.434 e. The summed E-state index contributed by atoms with van der Waals surface area (Å²) in [6.07, 6.45) is 9.14. The number of ether oxygens (including phenoxy) is 4. The van der Waals surface area contributed by atoms with Gasteiger partial charge in [-0.05, 0) is 38.3 Å². The number of unbranched alkanes of at least 4 members (excludes halogenated alkanes) is 8. The summed E-state index contributed by atoms with van der Waals surface area (Å²) < 4.78 is 22.4. The molecule has 206 valence electrons. The highest BCUT2D eigenvalue weighted by Crippen LogP contribution is 2.44. The van der Waals surface area contributed by atoms with Crippen LogP contribution < -0.4 is 9.47 Å². The van der Waals surface area contributed by atoms with E-state index in [9.17, 15) is 9.59 Å². The van der Waals surface area contributed by atoms with E-state index in [-0.39, 0.29) is 0 Å². The van der Waals surface area contributed by atoms with Crippen molar-refractivity contribution < 1.29 is 28.5 Å². The highest BCUT2D eigenvalue weighted by atomic mass is 16.7. The molecule has 0 unspecified atom stereocenters. The monoisotopic (exact) mass is 522 g/mol. The van der Waals surface area contributed by atoms with Crippen LogP contribution in [0.2, 0.25) is 0 Å². The Balaban J connectivity index is 1.86. The normalized spacial score (nSPS) is 11.1. The van der Waals surface area contributed by atoms with Crippen LogP contribution >= 0.6 is 0 Å². The molecule has 6 nitrogen and oxygen atoms in total. The molecule has 0 amide bonds. The van der Waals surface area contributed by atoms with Crippen LogP contribution in [0.1, 0.15) is 89.2 Å². The van der Waals surface area contributed by atoms with E-state index in [1.54, 1.807) is 0 Å². The van der Waals surface area contributed by atoms with Crippen molar-refractivity contribution in [3.05, 3.63) is 47.5 Å². The zero-order valence-electron chi connectivity index (χ0n) is 23.4. The molecule has 3 rings (SSSR count). The fourth-order valence-corrected chi connectivity index (χ4v) is 4.65. The Kier molecular flexibility index (Phi) is 11.7. The maximum absolute atomic E-state index is 12.7. The highest BCUT2D eigenvalue weighted by Gasteiger charge is 2.22. The van der Waals surface area contributed by atoms with Gasteiger partial charge in [-0.3, -0.25) is 0 Å². The number of carbonyl (C=O) groups is 2. The fraction of sp³-hybridized carbons (Fsp3) is 0.500. The highest BCUT2D eigenvalue weighted by molar-refractivity contribution is 6.13. The lowest BCUT2D eigenvalue weighted by Crippen LogP contribution is -2.14. The van der Waals surface area contributed by atoms with E-state index in [1.165, 1.54) is 25.7 Å². The van der Waals surface area contributed by atoms with E-state index in [0.29, 0.717) is 46.3 Å². The number of rotatable bonds is 14. The number of hydrogen-bond donors (Lipinski definition) is 0. The Bertz CT molecular complexity index is 1210. The van der Waals surface area contributed by atoms with Crippen molar-refractivity contribution in [1.82, 2.24) is 0 Å². The first kappa shape index (κ1) is 29.3. The third-order valence-electron chi connectivity index (χ3n) is 6.72. The lowest BCUT2D eigenvalue weighted by molar-refractivity contribution is 0.0965. The van der Waals surface area contributed by atoms with Gasteiger partial charge < -0.3 is 18.9 Å². The molecule has 0 bridgehead atoms. The number of fused-ring (bicyclic) bond motifs is 2. The molecule has 0 radical (unpaired) electrons. The second-order valence-electron chi connectivity index (χ2n) is 9.93. The van der Waals surface area contributed by atoms with Gasteiger partial charge in [0.2, 0.25) is 0 Å². The van der Waals surface area contributed by atoms with Crippen molar-refractivity contribution in [2.45, 2.75) is 91.9 Å². The first-order chi connectivity index (χ1) is 18.5. The lowest BCUT2D eigenvalue weighted by Gasteiger charge is -2.18. The quantitative estimate of drug-likeness (QED) is 0.0908. The molecule has 3 aromatic rings. The number of aryl methyl sites for hydroxylation is 2. The maximum atomic E-state index is 12.7. The molecular formula is C32H42O6. The standard InChI is InChI=1S/C32H42O6/c1-5-7-9-11-13-20-35-31(33)37-29-26-17-15-16-24(4)28(26)30(25-19-18-23(3)22-27(25)29)38-32(34)36-21-14-12-10-8-6-2/h15-19,22H,5-14,20-21H2,1-4H3. The summed E-state index contributed by atoms with van der Waals surface area (Å²) in [6.45, 7) is 8.88. The first-order valence-electron chi connectivity index (χ1n) is 14.1. The van der Waals surface area contributed by atoms with Gasteiger partial charge in [-0.1, -0.05) is 101 Å². The van der Waals surface area contributed by atoms with Crippen LogP contribution in [-0.2, 0) is 9.47 Å². The van der Waals surface area contributed by atoms with Crippen LogP contribution in [-0.4, -0.2) is 25.5 Å². The molecule has 0 saturated carbocycles. The third-order valence-corrected chi connectivity index (χ3v) is 6.72. The van der Waals surface area contributed by atoms with Crippen LogP contribution in [0, 0.1) is 13.8 Å². The van der Waals surface area contributed by atoms with Crippen molar-refractivity contribution in [3.63, 3.8) is 0 Å². The zero-order chi connectivity index (χ0) is 27.3. The molecular weight excluding hydrogens is 480 g/mol. The molecule has 0 N–H and O–H groups in total. The molecule has 0 heterocycles. The van der Waals surface area contributed by atoms with E-state index in [1.807, 2.05) is 50.2 Å². The van der Waals surface area contributed by atoms with E-state index in [2.05, 4.69) is 13.8 Å². The van der Waals surface area contributed by atoms with Gasteiger partial charge in [0.05, 0.1) is 13.2 Å². The molecule has 0 aromatic heterocycles. The average molecular weight is 523 g/mol. The Morgan fingerprint density at radius 1 is 0.632 bits per heavy atom.